The maximum absolute atomic E-state index is 2.46. The highest BCUT2D eigenvalue weighted by molar-refractivity contribution is 6.14. The van der Waals surface area contributed by atoms with Gasteiger partial charge in [-0.1, -0.05) is 220 Å². The maximum atomic E-state index is 2.46. The van der Waals surface area contributed by atoms with Gasteiger partial charge in [0.25, 0.3) is 0 Å². The number of benzene rings is 11. The van der Waals surface area contributed by atoms with Crippen molar-refractivity contribution in [3.05, 3.63) is 260 Å². The first-order valence-corrected chi connectivity index (χ1v) is 23.0. The third-order valence-electron chi connectivity index (χ3n) is 13.9. The molecule has 0 saturated heterocycles. The quantitative estimate of drug-likeness (QED) is 0.138. The Kier molecular flexibility index (Phi) is 9.58. The van der Waals surface area contributed by atoms with Gasteiger partial charge in [-0.3, -0.25) is 0 Å². The summed E-state index contributed by atoms with van der Waals surface area (Å²) < 4.78 is 0. The molecule has 0 radical (unpaired) electrons. The summed E-state index contributed by atoms with van der Waals surface area (Å²) in [5, 5.41) is 5.05. The summed E-state index contributed by atoms with van der Waals surface area (Å²) >= 11 is 0. The van der Waals surface area contributed by atoms with Crippen LogP contribution in [0.15, 0.2) is 249 Å². The highest BCUT2D eigenvalue weighted by Gasteiger charge is 2.35. The van der Waals surface area contributed by atoms with E-state index in [0.29, 0.717) is 0 Å². The second-order valence-electron chi connectivity index (χ2n) is 18.0. The zero-order valence-corrected chi connectivity index (χ0v) is 37.1. The van der Waals surface area contributed by atoms with Crippen molar-refractivity contribution >= 4 is 38.6 Å². The van der Waals surface area contributed by atoms with Crippen LogP contribution in [0.3, 0.4) is 0 Å². The highest BCUT2D eigenvalue weighted by atomic mass is 15.1. The molecule has 0 aliphatic heterocycles. The average molecular weight is 842 g/mol. The fourth-order valence-electron chi connectivity index (χ4n) is 10.6. The minimum atomic E-state index is -0.0693. The topological polar surface area (TPSA) is 3.24 Å². The molecule has 0 atom stereocenters. The van der Waals surface area contributed by atoms with E-state index in [1.165, 1.54) is 99.4 Å². The first-order chi connectivity index (χ1) is 32.5. The Morgan fingerprint density at radius 3 is 1.50 bits per heavy atom. The Hall–Kier alpha value is -8.26. The second kappa shape index (κ2) is 16.1. The van der Waals surface area contributed by atoms with E-state index in [9.17, 15) is 0 Å². The van der Waals surface area contributed by atoms with Crippen LogP contribution < -0.4 is 4.90 Å². The first kappa shape index (κ1) is 39.3. The van der Waals surface area contributed by atoms with Crippen LogP contribution in [0.4, 0.5) is 17.1 Å². The lowest BCUT2D eigenvalue weighted by atomic mass is 9.81. The molecule has 0 bridgehead atoms. The van der Waals surface area contributed by atoms with E-state index in [2.05, 4.69) is 267 Å². The van der Waals surface area contributed by atoms with Gasteiger partial charge in [-0.2, -0.15) is 0 Å². The summed E-state index contributed by atoms with van der Waals surface area (Å²) in [7, 11) is 0. The van der Waals surface area contributed by atoms with Crippen molar-refractivity contribution in [2.45, 2.75) is 19.3 Å². The molecule has 312 valence electrons. The Bertz CT molecular complexity index is 3580. The molecule has 0 unspecified atom stereocenters. The molecule has 0 spiro atoms. The standard InChI is InChI=1S/C65H47N/c1-65(2)61-30-16-15-27-57(61)58-41-36-48(43-62(58)65)44-32-37-50(38-33-44)66(51-39-34-47(35-40-51)60-42-49-22-9-10-24-53(49)55-25-12-13-26-56(55)60)63-31-17-29-54(46-20-7-4-8-21-46)64(63)59-28-14-11-23-52(59)45-18-5-3-6-19-45/h3-43H,1-2H3. The van der Waals surface area contributed by atoms with Crippen LogP contribution in [0.5, 0.6) is 0 Å². The van der Waals surface area contributed by atoms with Crippen molar-refractivity contribution in [1.82, 2.24) is 0 Å². The molecule has 0 saturated carbocycles. The van der Waals surface area contributed by atoms with E-state index >= 15 is 0 Å². The largest absolute Gasteiger partial charge is 0.310 e. The molecule has 0 fully saturated rings. The van der Waals surface area contributed by atoms with Gasteiger partial charge in [-0.05, 0) is 136 Å². The predicted molar refractivity (Wildman–Crippen MR) is 281 cm³/mol. The summed E-state index contributed by atoms with van der Waals surface area (Å²) in [6.07, 6.45) is 0. The third-order valence-corrected chi connectivity index (χ3v) is 13.9. The number of fused-ring (bicyclic) bond motifs is 6. The fourth-order valence-corrected chi connectivity index (χ4v) is 10.6. The minimum absolute atomic E-state index is 0.0693. The number of rotatable bonds is 8. The van der Waals surface area contributed by atoms with Gasteiger partial charge in [0.2, 0.25) is 0 Å². The smallest absolute Gasteiger partial charge is 0.0546 e. The van der Waals surface area contributed by atoms with Crippen LogP contribution in [0.2, 0.25) is 0 Å². The predicted octanol–water partition coefficient (Wildman–Crippen LogP) is 18.1. The van der Waals surface area contributed by atoms with Gasteiger partial charge in [-0.15, -0.1) is 0 Å². The Morgan fingerprint density at radius 1 is 0.288 bits per heavy atom. The van der Waals surface area contributed by atoms with Crippen LogP contribution in [0.25, 0.3) is 88.3 Å². The highest BCUT2D eigenvalue weighted by Crippen LogP contribution is 2.51. The van der Waals surface area contributed by atoms with Crippen LogP contribution in [0.1, 0.15) is 25.0 Å². The molecule has 0 aromatic heterocycles. The normalized spacial score (nSPS) is 12.5. The molecule has 66 heavy (non-hydrogen) atoms. The van der Waals surface area contributed by atoms with Gasteiger partial charge in [0.1, 0.15) is 0 Å². The van der Waals surface area contributed by atoms with Gasteiger partial charge in [-0.25, -0.2) is 0 Å². The van der Waals surface area contributed by atoms with Gasteiger partial charge in [0.05, 0.1) is 5.69 Å². The molecule has 1 heteroatoms. The van der Waals surface area contributed by atoms with E-state index in [0.717, 1.165) is 17.1 Å². The van der Waals surface area contributed by atoms with Crippen LogP contribution in [-0.2, 0) is 5.41 Å². The van der Waals surface area contributed by atoms with Crippen molar-refractivity contribution in [2.75, 3.05) is 4.90 Å². The van der Waals surface area contributed by atoms with Crippen LogP contribution in [-0.4, -0.2) is 0 Å². The number of nitrogens with zero attached hydrogens (tertiary/aromatic N) is 1. The summed E-state index contributed by atoms with van der Waals surface area (Å²) in [6.45, 7) is 4.71. The van der Waals surface area contributed by atoms with Crippen LogP contribution >= 0.6 is 0 Å². The lowest BCUT2D eigenvalue weighted by Gasteiger charge is -2.30. The lowest BCUT2D eigenvalue weighted by Crippen LogP contribution is -2.14. The Morgan fingerprint density at radius 2 is 0.788 bits per heavy atom. The summed E-state index contributed by atoms with van der Waals surface area (Å²) in [5.41, 5.74) is 20.6. The van der Waals surface area contributed by atoms with Crippen LogP contribution in [0, 0.1) is 0 Å². The van der Waals surface area contributed by atoms with Crippen molar-refractivity contribution in [1.29, 1.82) is 0 Å². The Labute approximate surface area is 387 Å². The van der Waals surface area contributed by atoms with Gasteiger partial charge in [0, 0.05) is 22.4 Å². The first-order valence-electron chi connectivity index (χ1n) is 23.0. The molecule has 1 aliphatic rings. The lowest BCUT2D eigenvalue weighted by molar-refractivity contribution is 0.660. The molecule has 11 aromatic rings. The third kappa shape index (κ3) is 6.63. The Balaban J connectivity index is 1.04. The monoisotopic (exact) mass is 841 g/mol. The van der Waals surface area contributed by atoms with Gasteiger partial charge >= 0.3 is 0 Å². The zero-order valence-electron chi connectivity index (χ0n) is 37.1. The molecule has 1 aliphatic carbocycles. The average Bonchev–Trinajstić information content (AvgIpc) is 3.62. The fraction of sp³-hybridized carbons (Fsp3) is 0.0462. The van der Waals surface area contributed by atoms with Crippen molar-refractivity contribution < 1.29 is 0 Å². The molecule has 0 heterocycles. The van der Waals surface area contributed by atoms with E-state index in [1.54, 1.807) is 0 Å². The summed E-state index contributed by atoms with van der Waals surface area (Å²) in [6, 6.07) is 91.5. The minimum Gasteiger partial charge on any atom is -0.310 e. The van der Waals surface area contributed by atoms with Crippen molar-refractivity contribution in [3.63, 3.8) is 0 Å². The number of hydrogen-bond donors (Lipinski definition) is 0. The van der Waals surface area contributed by atoms with E-state index in [-0.39, 0.29) is 5.41 Å². The number of anilines is 3. The van der Waals surface area contributed by atoms with Gasteiger partial charge < -0.3 is 4.90 Å². The molecule has 1 nitrogen and oxygen atoms in total. The van der Waals surface area contributed by atoms with Crippen molar-refractivity contribution in [3.8, 4) is 66.8 Å². The molecular formula is C65H47N. The number of hydrogen-bond acceptors (Lipinski definition) is 1. The molecule has 0 N–H and O–H groups in total. The summed E-state index contributed by atoms with van der Waals surface area (Å²) in [4.78, 5) is 2.46. The second-order valence-corrected chi connectivity index (χ2v) is 18.0. The van der Waals surface area contributed by atoms with Crippen molar-refractivity contribution in [2.24, 2.45) is 0 Å². The molecule has 12 rings (SSSR count). The van der Waals surface area contributed by atoms with E-state index in [4.69, 9.17) is 0 Å². The molecule has 0 amide bonds. The van der Waals surface area contributed by atoms with E-state index < -0.39 is 0 Å². The van der Waals surface area contributed by atoms with Gasteiger partial charge in [0.15, 0.2) is 0 Å². The maximum Gasteiger partial charge on any atom is 0.0546 e. The molecular weight excluding hydrogens is 795 g/mol. The SMILES string of the molecule is CC1(C)c2ccccc2-c2ccc(-c3ccc(N(c4ccc(-c5cc6ccccc6c6ccccc56)cc4)c4cccc(-c5ccccc5)c4-c4ccccc4-c4ccccc4)cc3)cc21. The molecule has 11 aromatic carbocycles. The zero-order chi connectivity index (χ0) is 44.2. The summed E-state index contributed by atoms with van der Waals surface area (Å²) in [5.74, 6) is 0. The van der Waals surface area contributed by atoms with E-state index in [1.807, 2.05) is 0 Å².